The normalized spacial score (nSPS) is 31.8. The molecule has 0 heterocycles. The van der Waals surface area contributed by atoms with Gasteiger partial charge in [-0.15, -0.1) is 0 Å². The highest BCUT2D eigenvalue weighted by molar-refractivity contribution is 4.93. The smallest absolute Gasteiger partial charge is 0.160 e. The molecule has 6 atom stereocenters. The van der Waals surface area contributed by atoms with Gasteiger partial charge >= 0.3 is 0 Å². The summed E-state index contributed by atoms with van der Waals surface area (Å²) >= 11 is 0. The average molecular weight is 351 g/mol. The van der Waals surface area contributed by atoms with E-state index < -0.39 is 24.6 Å². The van der Waals surface area contributed by atoms with Gasteiger partial charge in [0.2, 0.25) is 0 Å². The van der Waals surface area contributed by atoms with Crippen LogP contribution in [-0.2, 0) is 9.47 Å². The maximum absolute atomic E-state index is 14.3. The molecular weight excluding hydrogens is 310 g/mol. The Morgan fingerprint density at radius 1 is 0.958 bits per heavy atom. The molecule has 0 radical (unpaired) electrons. The molecule has 0 aromatic rings. The van der Waals surface area contributed by atoms with E-state index in [2.05, 4.69) is 20.8 Å². The van der Waals surface area contributed by atoms with Gasteiger partial charge in [0.1, 0.15) is 0 Å². The third-order valence-corrected chi connectivity index (χ3v) is 4.40. The van der Waals surface area contributed by atoms with E-state index in [1.165, 1.54) is 0 Å². The lowest BCUT2D eigenvalue weighted by atomic mass is 9.83. The average Bonchev–Trinajstić information content (AvgIpc) is 2.53. The molecule has 1 aliphatic carbocycles. The first-order valence-electron chi connectivity index (χ1n) is 9.77. The largest absolute Gasteiger partial charge is 0.375 e. The second-order valence-corrected chi connectivity index (χ2v) is 7.70. The van der Waals surface area contributed by atoms with Crippen LogP contribution in [0.3, 0.4) is 0 Å². The van der Waals surface area contributed by atoms with Crippen LogP contribution in [0.2, 0.25) is 0 Å². The molecule has 4 heteroatoms. The lowest BCUT2D eigenvalue weighted by Gasteiger charge is -2.40. The number of hydrogen-bond donors (Lipinski definition) is 0. The Labute approximate surface area is 148 Å². The van der Waals surface area contributed by atoms with Crippen molar-refractivity contribution in [1.29, 1.82) is 0 Å². The molecular formula is C20H40F2O2. The van der Waals surface area contributed by atoms with E-state index >= 15 is 0 Å². The minimum absolute atomic E-state index is 0.0274. The topological polar surface area (TPSA) is 18.5 Å². The molecule has 0 bridgehead atoms. The summed E-state index contributed by atoms with van der Waals surface area (Å²) in [4.78, 5) is 0. The molecule has 0 aromatic carbocycles. The highest BCUT2D eigenvalue weighted by Crippen LogP contribution is 2.34. The zero-order chi connectivity index (χ0) is 18.9. The number of rotatable bonds is 8. The molecule has 0 aliphatic heterocycles. The van der Waals surface area contributed by atoms with Gasteiger partial charge in [-0.2, -0.15) is 0 Å². The van der Waals surface area contributed by atoms with Crippen LogP contribution >= 0.6 is 0 Å². The van der Waals surface area contributed by atoms with Gasteiger partial charge in [-0.05, 0) is 44.4 Å². The van der Waals surface area contributed by atoms with E-state index in [1.807, 2.05) is 34.6 Å². The highest BCUT2D eigenvalue weighted by Gasteiger charge is 2.45. The minimum atomic E-state index is -1.60. The van der Waals surface area contributed by atoms with Crippen LogP contribution < -0.4 is 0 Å². The second kappa shape index (κ2) is 12.2. The SMILES string of the molecule is CC.CC(C)CCC(C)COC1CC(C)C(OC(C)C)C(F)C1F. The summed E-state index contributed by atoms with van der Waals surface area (Å²) in [5.74, 6) is 1.02. The molecule has 1 rings (SSSR count). The number of hydrogen-bond acceptors (Lipinski definition) is 2. The van der Waals surface area contributed by atoms with Gasteiger partial charge < -0.3 is 9.47 Å². The van der Waals surface area contributed by atoms with Crippen molar-refractivity contribution in [1.82, 2.24) is 0 Å². The first kappa shape index (κ1) is 23.8. The number of halogens is 2. The summed E-state index contributed by atoms with van der Waals surface area (Å²) in [5, 5.41) is 0. The fourth-order valence-corrected chi connectivity index (χ4v) is 3.00. The lowest BCUT2D eigenvalue weighted by molar-refractivity contribution is -0.154. The third kappa shape index (κ3) is 8.24. The van der Waals surface area contributed by atoms with E-state index in [9.17, 15) is 8.78 Å². The van der Waals surface area contributed by atoms with Gasteiger partial charge in [0, 0.05) is 6.61 Å². The van der Waals surface area contributed by atoms with E-state index in [0.717, 1.165) is 12.8 Å². The maximum Gasteiger partial charge on any atom is 0.160 e. The summed E-state index contributed by atoms with van der Waals surface area (Å²) in [7, 11) is 0. The van der Waals surface area contributed by atoms with Crippen LogP contribution in [0.25, 0.3) is 0 Å². The van der Waals surface area contributed by atoms with Crippen LogP contribution in [0, 0.1) is 17.8 Å². The Morgan fingerprint density at radius 3 is 2.04 bits per heavy atom. The van der Waals surface area contributed by atoms with E-state index in [-0.39, 0.29) is 12.0 Å². The van der Waals surface area contributed by atoms with Crippen molar-refractivity contribution in [2.45, 2.75) is 105 Å². The van der Waals surface area contributed by atoms with Gasteiger partial charge in [0.05, 0.1) is 18.3 Å². The maximum atomic E-state index is 14.3. The molecule has 24 heavy (non-hydrogen) atoms. The van der Waals surface area contributed by atoms with Gasteiger partial charge in [0.15, 0.2) is 12.3 Å². The molecule has 1 aliphatic rings. The second-order valence-electron chi connectivity index (χ2n) is 7.70. The Morgan fingerprint density at radius 2 is 1.54 bits per heavy atom. The van der Waals surface area contributed by atoms with Gasteiger partial charge in [-0.3, -0.25) is 0 Å². The van der Waals surface area contributed by atoms with Gasteiger partial charge in [-0.1, -0.05) is 48.0 Å². The van der Waals surface area contributed by atoms with Crippen LogP contribution in [0.5, 0.6) is 0 Å². The fraction of sp³-hybridized carbons (Fsp3) is 1.00. The number of ether oxygens (including phenoxy) is 2. The Hall–Kier alpha value is -0.220. The minimum Gasteiger partial charge on any atom is -0.375 e. The molecule has 1 saturated carbocycles. The van der Waals surface area contributed by atoms with Crippen LogP contribution in [0.15, 0.2) is 0 Å². The van der Waals surface area contributed by atoms with Crippen molar-refractivity contribution < 1.29 is 18.3 Å². The summed E-state index contributed by atoms with van der Waals surface area (Å²) in [6.07, 6.45) is -1.84. The Bertz CT molecular complexity index is 310. The van der Waals surface area contributed by atoms with Crippen molar-refractivity contribution >= 4 is 0 Å². The van der Waals surface area contributed by atoms with Gasteiger partial charge in [0.25, 0.3) is 0 Å². The monoisotopic (exact) mass is 350 g/mol. The number of alkyl halides is 2. The molecule has 0 N–H and O–H groups in total. The Kier molecular flexibility index (Phi) is 12.1. The predicted octanol–water partition coefficient (Wildman–Crippen LogP) is 5.98. The molecule has 1 fully saturated rings. The van der Waals surface area contributed by atoms with E-state index in [4.69, 9.17) is 9.47 Å². The van der Waals surface area contributed by atoms with Crippen molar-refractivity contribution in [3.05, 3.63) is 0 Å². The molecule has 6 unspecified atom stereocenters. The summed E-state index contributed by atoms with van der Waals surface area (Å²) in [6, 6.07) is 0. The van der Waals surface area contributed by atoms with Crippen LogP contribution in [0.1, 0.15) is 74.7 Å². The quantitative estimate of drug-likeness (QED) is 0.536. The third-order valence-electron chi connectivity index (χ3n) is 4.40. The standard InChI is InChI=1S/C18H34F2O2.C2H6/c1-11(2)7-8-13(5)10-21-15-9-14(6)18(22-12(3)4)17(20)16(15)19;1-2/h11-18H,7-10H2,1-6H3;1-2H3. The molecule has 0 aromatic heterocycles. The molecule has 146 valence electrons. The highest BCUT2D eigenvalue weighted by atomic mass is 19.2. The van der Waals surface area contributed by atoms with Gasteiger partial charge in [-0.25, -0.2) is 8.78 Å². The summed E-state index contributed by atoms with van der Waals surface area (Å²) in [5.41, 5.74) is 0. The van der Waals surface area contributed by atoms with Crippen molar-refractivity contribution in [3.8, 4) is 0 Å². The fourth-order valence-electron chi connectivity index (χ4n) is 3.00. The van der Waals surface area contributed by atoms with Crippen molar-refractivity contribution in [3.63, 3.8) is 0 Å². The first-order valence-corrected chi connectivity index (χ1v) is 9.77. The van der Waals surface area contributed by atoms with E-state index in [1.54, 1.807) is 0 Å². The molecule has 0 spiro atoms. The van der Waals surface area contributed by atoms with Crippen LogP contribution in [0.4, 0.5) is 8.78 Å². The zero-order valence-corrected chi connectivity index (χ0v) is 17.0. The summed E-state index contributed by atoms with van der Waals surface area (Å²) in [6.45, 7) is 16.6. The predicted molar refractivity (Wildman–Crippen MR) is 97.9 cm³/mol. The molecule has 0 saturated heterocycles. The summed E-state index contributed by atoms with van der Waals surface area (Å²) < 4.78 is 39.9. The lowest BCUT2D eigenvalue weighted by Crippen LogP contribution is -2.51. The molecule has 0 amide bonds. The first-order chi connectivity index (χ1) is 11.2. The van der Waals surface area contributed by atoms with Crippen molar-refractivity contribution in [2.24, 2.45) is 17.8 Å². The van der Waals surface area contributed by atoms with E-state index in [0.29, 0.717) is 24.9 Å². The van der Waals surface area contributed by atoms with Crippen LogP contribution in [-0.4, -0.2) is 37.3 Å². The molecule has 2 nitrogen and oxygen atoms in total. The Balaban J connectivity index is 0.00000254. The zero-order valence-electron chi connectivity index (χ0n) is 17.0. The van der Waals surface area contributed by atoms with Crippen molar-refractivity contribution in [2.75, 3.05) is 6.61 Å².